The maximum Gasteiger partial charge on any atom is 0.303 e. The van der Waals surface area contributed by atoms with Crippen molar-refractivity contribution in [3.8, 4) is 0 Å². The molecule has 0 radical (unpaired) electrons. The maximum absolute atomic E-state index is 13.4. The fourth-order valence-corrected chi connectivity index (χ4v) is 7.28. The van der Waals surface area contributed by atoms with Crippen LogP contribution in [0.1, 0.15) is 0 Å². The molecule has 0 bridgehead atoms. The number of hydrogen-bond acceptors (Lipinski definition) is 14. The first kappa shape index (κ1) is 33.1. The largest absolute Gasteiger partial charge is 0.303 e. The highest BCUT2D eigenvalue weighted by atomic mass is 32.2. The average molecular weight is 661 g/mol. The van der Waals surface area contributed by atoms with E-state index in [1.807, 2.05) is 0 Å². The van der Waals surface area contributed by atoms with Gasteiger partial charge in [-0.15, -0.1) is 0 Å². The number of para-hydroxylation sites is 3. The molecule has 0 atom stereocenters. The van der Waals surface area contributed by atoms with Gasteiger partial charge in [0.05, 0.1) is 28.0 Å². The molecule has 18 nitrogen and oxygen atoms in total. The molecule has 3 rings (SSSR count). The summed E-state index contributed by atoms with van der Waals surface area (Å²) < 4.78 is 87.5. The van der Waals surface area contributed by atoms with Crippen LogP contribution in [-0.2, 0) is 38.6 Å². The Kier molecular flexibility index (Phi) is 10.2. The van der Waals surface area contributed by atoms with Gasteiger partial charge < -0.3 is 0 Å². The lowest BCUT2D eigenvalue weighted by molar-refractivity contribution is -0.388. The summed E-state index contributed by atoms with van der Waals surface area (Å²) >= 11 is 0. The van der Waals surface area contributed by atoms with E-state index in [1.54, 1.807) is 0 Å². The van der Waals surface area contributed by atoms with Gasteiger partial charge in [-0.05, 0) is 18.2 Å². The lowest BCUT2D eigenvalue weighted by Crippen LogP contribution is -2.37. The van der Waals surface area contributed by atoms with Gasteiger partial charge in [0.15, 0.2) is 14.7 Å². The van der Waals surface area contributed by atoms with Crippen LogP contribution in [0.2, 0.25) is 0 Å². The summed E-state index contributed by atoms with van der Waals surface area (Å²) in [6.07, 6.45) is 0. The summed E-state index contributed by atoms with van der Waals surface area (Å²) in [4.78, 5) is 28.5. The first-order chi connectivity index (χ1) is 20.1. The van der Waals surface area contributed by atoms with E-state index in [0.717, 1.165) is 36.4 Å². The summed E-state index contributed by atoms with van der Waals surface area (Å²) in [6.45, 7) is -3.65. The van der Waals surface area contributed by atoms with E-state index < -0.39 is 103 Å². The fraction of sp³-hybridized carbons (Fsp3) is 0.182. The Morgan fingerprint density at radius 3 is 1.19 bits per heavy atom. The molecule has 230 valence electrons. The van der Waals surface area contributed by atoms with E-state index in [-0.39, 0.29) is 0 Å². The predicted octanol–water partition coefficient (Wildman–Crippen LogP) is 2.21. The van der Waals surface area contributed by atoms with E-state index in [1.165, 1.54) is 36.4 Å². The van der Waals surface area contributed by atoms with Crippen molar-refractivity contribution in [3.05, 3.63) is 103 Å². The topological polar surface area (TPSA) is 254 Å². The second kappa shape index (κ2) is 13.3. The zero-order valence-electron chi connectivity index (χ0n) is 21.5. The standard InChI is InChI=1S/C22H20N4O14S3/c27-24(28)17-7-1-4-10-20(17)41(33,34)23(13-15-39-42(35,36)21-11-5-2-8-18(21)25(29)30)14-16-40-43(37,38)22-12-6-3-9-19(22)26(31)32/h1-12H,13-16H2. The minimum absolute atomic E-state index is 0.430. The van der Waals surface area contributed by atoms with Gasteiger partial charge in [-0.1, -0.05) is 36.4 Å². The zero-order chi connectivity index (χ0) is 32.0. The van der Waals surface area contributed by atoms with Crippen LogP contribution in [0.25, 0.3) is 0 Å². The van der Waals surface area contributed by atoms with Gasteiger partial charge in [-0.25, -0.2) is 8.42 Å². The highest BCUT2D eigenvalue weighted by Crippen LogP contribution is 2.28. The van der Waals surface area contributed by atoms with Crippen molar-refractivity contribution in [2.45, 2.75) is 14.7 Å². The number of hydrogen-bond donors (Lipinski definition) is 0. The van der Waals surface area contributed by atoms with Gasteiger partial charge in [0.25, 0.3) is 17.1 Å². The molecule has 0 aliphatic rings. The molecule has 0 aliphatic heterocycles. The summed E-state index contributed by atoms with van der Waals surface area (Å²) in [5, 5.41) is 33.9. The van der Waals surface area contributed by atoms with Crippen LogP contribution >= 0.6 is 0 Å². The lowest BCUT2D eigenvalue weighted by atomic mass is 10.3. The van der Waals surface area contributed by atoms with Crippen molar-refractivity contribution >= 4 is 47.3 Å². The molecule has 0 amide bonds. The van der Waals surface area contributed by atoms with Gasteiger partial charge >= 0.3 is 20.2 Å². The van der Waals surface area contributed by atoms with Crippen molar-refractivity contribution in [2.75, 3.05) is 26.3 Å². The monoisotopic (exact) mass is 660 g/mol. The van der Waals surface area contributed by atoms with E-state index in [9.17, 15) is 55.6 Å². The SMILES string of the molecule is O=[N+]([O-])c1ccccc1S(=O)(=O)OCCN(CCOS(=O)(=O)c1ccccc1[N+](=O)[O-])S(=O)(=O)c1ccccc1[N+](=O)[O-]. The quantitative estimate of drug-likeness (QED) is 0.129. The molecule has 0 aliphatic carbocycles. The molecule has 3 aromatic carbocycles. The summed E-state index contributed by atoms with van der Waals surface area (Å²) in [7, 11) is -14.5. The van der Waals surface area contributed by atoms with Crippen LogP contribution in [0.3, 0.4) is 0 Å². The molecule has 0 aromatic heterocycles. The van der Waals surface area contributed by atoms with Gasteiger partial charge in [0.2, 0.25) is 10.0 Å². The summed E-state index contributed by atoms with van der Waals surface area (Å²) in [6, 6.07) is 12.5. The normalized spacial score (nSPS) is 12.2. The number of benzene rings is 3. The molecular weight excluding hydrogens is 640 g/mol. The first-order valence-corrected chi connectivity index (χ1v) is 15.8. The Balaban J connectivity index is 1.89. The van der Waals surface area contributed by atoms with E-state index in [0.29, 0.717) is 4.31 Å². The average Bonchev–Trinajstić information content (AvgIpc) is 2.96. The third-order valence-corrected chi connectivity index (χ3v) is 10.2. The van der Waals surface area contributed by atoms with E-state index in [2.05, 4.69) is 0 Å². The number of nitro benzene ring substituents is 3. The van der Waals surface area contributed by atoms with Gasteiger partial charge in [0.1, 0.15) is 0 Å². The van der Waals surface area contributed by atoms with Crippen molar-refractivity contribution in [1.82, 2.24) is 4.31 Å². The Bertz CT molecular complexity index is 1790. The molecule has 0 heterocycles. The van der Waals surface area contributed by atoms with Crippen LogP contribution in [0.4, 0.5) is 17.1 Å². The second-order valence-electron chi connectivity index (χ2n) is 8.13. The van der Waals surface area contributed by atoms with E-state index in [4.69, 9.17) is 8.37 Å². The van der Waals surface area contributed by atoms with E-state index >= 15 is 0 Å². The minimum Gasteiger partial charge on any atom is -0.265 e. The molecule has 0 fully saturated rings. The third-order valence-electron chi connectivity index (χ3n) is 5.50. The lowest BCUT2D eigenvalue weighted by Gasteiger charge is -2.22. The Labute approximate surface area is 243 Å². The highest BCUT2D eigenvalue weighted by Gasteiger charge is 2.33. The first-order valence-electron chi connectivity index (χ1n) is 11.6. The Morgan fingerprint density at radius 1 is 0.535 bits per heavy atom. The molecule has 0 unspecified atom stereocenters. The van der Waals surface area contributed by atoms with Crippen LogP contribution in [0, 0.1) is 30.3 Å². The van der Waals surface area contributed by atoms with Crippen molar-refractivity contribution in [2.24, 2.45) is 0 Å². The number of nitro groups is 3. The third kappa shape index (κ3) is 7.71. The zero-order valence-corrected chi connectivity index (χ0v) is 23.9. The molecule has 21 heteroatoms. The van der Waals surface area contributed by atoms with Crippen LogP contribution in [0.15, 0.2) is 87.5 Å². The van der Waals surface area contributed by atoms with Gasteiger partial charge in [-0.2, -0.15) is 21.1 Å². The smallest absolute Gasteiger partial charge is 0.265 e. The van der Waals surface area contributed by atoms with Crippen molar-refractivity contribution < 1.29 is 48.4 Å². The molecule has 0 saturated heterocycles. The molecule has 0 spiro atoms. The Morgan fingerprint density at radius 2 is 0.837 bits per heavy atom. The highest BCUT2D eigenvalue weighted by molar-refractivity contribution is 7.89. The second-order valence-corrected chi connectivity index (χ2v) is 13.2. The van der Waals surface area contributed by atoms with Crippen LogP contribution in [0.5, 0.6) is 0 Å². The van der Waals surface area contributed by atoms with Gasteiger partial charge in [0, 0.05) is 31.3 Å². The van der Waals surface area contributed by atoms with Crippen LogP contribution in [-0.4, -0.2) is 70.6 Å². The minimum atomic E-state index is -4.86. The van der Waals surface area contributed by atoms with Crippen LogP contribution < -0.4 is 0 Å². The number of rotatable bonds is 15. The van der Waals surface area contributed by atoms with Gasteiger partial charge in [-0.3, -0.25) is 38.7 Å². The molecule has 3 aromatic rings. The number of sulfonamides is 1. The predicted molar refractivity (Wildman–Crippen MR) is 144 cm³/mol. The van der Waals surface area contributed by atoms with Crippen molar-refractivity contribution in [1.29, 1.82) is 0 Å². The number of nitrogens with zero attached hydrogens (tertiary/aromatic N) is 4. The molecular formula is C22H20N4O14S3. The Hall–Kier alpha value is -4.41. The molecule has 0 N–H and O–H groups in total. The van der Waals surface area contributed by atoms with Crippen molar-refractivity contribution in [3.63, 3.8) is 0 Å². The molecule has 43 heavy (non-hydrogen) atoms. The maximum atomic E-state index is 13.4. The molecule has 0 saturated carbocycles. The summed E-state index contributed by atoms with van der Waals surface area (Å²) in [5.41, 5.74) is -2.49. The fourth-order valence-electron chi connectivity index (χ4n) is 3.58. The summed E-state index contributed by atoms with van der Waals surface area (Å²) in [5.74, 6) is 0.